The van der Waals surface area contributed by atoms with Gasteiger partial charge in [0.1, 0.15) is 0 Å². The molecule has 0 rings (SSSR count). The molecule has 0 aliphatic heterocycles. The number of hydrogen-bond acceptors (Lipinski definition) is 3. The van der Waals surface area contributed by atoms with Crippen LogP contribution in [0.4, 0.5) is 0 Å². The van der Waals surface area contributed by atoms with Crippen LogP contribution in [-0.2, 0) is 14.0 Å². The van der Waals surface area contributed by atoms with E-state index in [2.05, 4.69) is 39.7 Å². The van der Waals surface area contributed by atoms with Crippen LogP contribution < -0.4 is 5.09 Å². The van der Waals surface area contributed by atoms with Crippen LogP contribution in [0.3, 0.4) is 0 Å². The molecule has 5 nitrogen and oxygen atoms in total. The summed E-state index contributed by atoms with van der Waals surface area (Å²) in [5.41, 5.74) is 0.461. The van der Waals surface area contributed by atoms with E-state index in [9.17, 15) is 4.57 Å². The zero-order valence-corrected chi connectivity index (χ0v) is 15.9. The second-order valence-electron chi connectivity index (χ2n) is 7.34. The summed E-state index contributed by atoms with van der Waals surface area (Å²) in [5.74, 6) is 0. The van der Waals surface area contributed by atoms with Gasteiger partial charge in [-0.25, -0.2) is 0 Å². The van der Waals surface area contributed by atoms with Crippen molar-refractivity contribution in [2.45, 2.75) is 60.3 Å². The predicted octanol–water partition coefficient (Wildman–Crippen LogP) is 3.89. The summed E-state index contributed by atoms with van der Waals surface area (Å²) in [6.45, 7) is 14.3. The predicted molar refractivity (Wildman–Crippen MR) is 91.2 cm³/mol. The molecule has 0 aliphatic carbocycles. The number of hydrogen-bond donors (Lipinski definition) is 2. The first-order chi connectivity index (χ1) is 10.2. The Morgan fingerprint density at radius 1 is 0.909 bits per heavy atom. The molecule has 2 N–H and O–H groups in total. The maximum absolute atomic E-state index is 10.6. The lowest BCUT2D eigenvalue weighted by Gasteiger charge is -2.23. The van der Waals surface area contributed by atoms with Crippen molar-refractivity contribution in [3.63, 3.8) is 0 Å². The monoisotopic (exact) mass is 336 g/mol. The van der Waals surface area contributed by atoms with E-state index >= 15 is 0 Å². The van der Waals surface area contributed by atoms with Crippen LogP contribution in [0.1, 0.15) is 60.3 Å². The third kappa shape index (κ3) is 13.6. The van der Waals surface area contributed by atoms with E-state index in [1.807, 2.05) is 0 Å². The summed E-state index contributed by atoms with van der Waals surface area (Å²) < 4.78 is 21.8. The standard InChI is InChI=1S/C16H34NO4P/c1-6-15(2,3)8-11-20-13-14-21-12-9-16(4,5)7-10-17-22(18)19/h6-14H2,1-5H3,(H-,17,18,19)/p+1. The Balaban J connectivity index is 3.50. The molecule has 22 heavy (non-hydrogen) atoms. The van der Waals surface area contributed by atoms with Crippen molar-refractivity contribution in [1.29, 1.82) is 0 Å². The fourth-order valence-corrected chi connectivity index (χ4v) is 2.11. The Morgan fingerprint density at radius 2 is 1.41 bits per heavy atom. The fourth-order valence-electron chi connectivity index (χ4n) is 1.81. The summed E-state index contributed by atoms with van der Waals surface area (Å²) in [5, 5.41) is 2.55. The molecule has 1 atom stereocenters. The van der Waals surface area contributed by atoms with Crippen molar-refractivity contribution in [3.8, 4) is 0 Å². The van der Waals surface area contributed by atoms with E-state index in [0.717, 1.165) is 25.9 Å². The van der Waals surface area contributed by atoms with Gasteiger partial charge < -0.3 is 9.47 Å². The van der Waals surface area contributed by atoms with Gasteiger partial charge in [-0.1, -0.05) is 46.1 Å². The SMILES string of the molecule is CCC(C)(C)CCOCCOCCC(C)(C)CCN[P+](=O)O. The largest absolute Gasteiger partial charge is 0.610 e. The highest BCUT2D eigenvalue weighted by atomic mass is 31.1. The molecule has 0 aromatic carbocycles. The van der Waals surface area contributed by atoms with Crippen LogP contribution in [0.25, 0.3) is 0 Å². The van der Waals surface area contributed by atoms with Gasteiger partial charge in [0.2, 0.25) is 0 Å². The van der Waals surface area contributed by atoms with Gasteiger partial charge in [0.05, 0.1) is 13.2 Å². The van der Waals surface area contributed by atoms with Crippen LogP contribution in [0.15, 0.2) is 0 Å². The summed E-state index contributed by atoms with van der Waals surface area (Å²) >= 11 is 0. The van der Waals surface area contributed by atoms with Gasteiger partial charge in [-0.2, -0.15) is 0 Å². The Bertz CT molecular complexity index is 309. The zero-order valence-electron chi connectivity index (χ0n) is 15.0. The summed E-state index contributed by atoms with van der Waals surface area (Å²) in [6, 6.07) is 0. The number of ether oxygens (including phenoxy) is 2. The van der Waals surface area contributed by atoms with Gasteiger partial charge in [0.15, 0.2) is 0 Å². The highest BCUT2D eigenvalue weighted by Gasteiger charge is 2.19. The quantitative estimate of drug-likeness (QED) is 0.372. The van der Waals surface area contributed by atoms with Crippen molar-refractivity contribution in [1.82, 2.24) is 5.09 Å². The molecule has 1 unspecified atom stereocenters. The molecule has 0 saturated carbocycles. The van der Waals surface area contributed by atoms with Gasteiger partial charge in [-0.15, -0.1) is 4.89 Å². The summed E-state index contributed by atoms with van der Waals surface area (Å²) in [7, 11) is -2.24. The molecule has 0 saturated heterocycles. The molecule has 0 fully saturated rings. The fraction of sp³-hybridized carbons (Fsp3) is 1.00. The topological polar surface area (TPSA) is 67.8 Å². The van der Waals surface area contributed by atoms with Crippen LogP contribution >= 0.6 is 8.18 Å². The van der Waals surface area contributed by atoms with E-state index in [-0.39, 0.29) is 5.41 Å². The van der Waals surface area contributed by atoms with Crippen molar-refractivity contribution < 1.29 is 18.9 Å². The zero-order chi connectivity index (χ0) is 17.1. The lowest BCUT2D eigenvalue weighted by molar-refractivity contribution is 0.0280. The Kier molecular flexibility index (Phi) is 11.4. The van der Waals surface area contributed by atoms with Crippen LogP contribution in [0, 0.1) is 10.8 Å². The van der Waals surface area contributed by atoms with Crippen LogP contribution in [0.5, 0.6) is 0 Å². The molecule has 0 aromatic heterocycles. The summed E-state index contributed by atoms with van der Waals surface area (Å²) in [4.78, 5) is 8.69. The smallest absolute Gasteiger partial charge is 0.379 e. The highest BCUT2D eigenvalue weighted by molar-refractivity contribution is 7.35. The minimum absolute atomic E-state index is 0.102. The van der Waals surface area contributed by atoms with E-state index in [0.29, 0.717) is 31.8 Å². The molecule has 132 valence electrons. The second kappa shape index (κ2) is 11.5. The van der Waals surface area contributed by atoms with Gasteiger partial charge in [0.25, 0.3) is 0 Å². The first-order valence-corrected chi connectivity index (χ1v) is 9.45. The van der Waals surface area contributed by atoms with Gasteiger partial charge in [0, 0.05) is 19.8 Å². The molecule has 0 radical (unpaired) electrons. The van der Waals surface area contributed by atoms with Crippen molar-refractivity contribution in [2.75, 3.05) is 33.0 Å². The molecule has 0 aromatic rings. The van der Waals surface area contributed by atoms with E-state index in [4.69, 9.17) is 14.4 Å². The Morgan fingerprint density at radius 3 is 1.86 bits per heavy atom. The molecule has 0 aliphatic rings. The van der Waals surface area contributed by atoms with Crippen LogP contribution in [-0.4, -0.2) is 37.9 Å². The average molecular weight is 336 g/mol. The first kappa shape index (κ1) is 21.9. The lowest BCUT2D eigenvalue weighted by atomic mass is 9.86. The number of nitrogens with one attached hydrogen (secondary N) is 1. The molecule has 0 spiro atoms. The maximum atomic E-state index is 10.6. The highest BCUT2D eigenvalue weighted by Crippen LogP contribution is 2.25. The number of rotatable bonds is 14. The molecule has 0 amide bonds. The van der Waals surface area contributed by atoms with Crippen molar-refractivity contribution in [3.05, 3.63) is 0 Å². The lowest BCUT2D eigenvalue weighted by Crippen LogP contribution is -2.21. The summed E-state index contributed by atoms with van der Waals surface area (Å²) in [6.07, 6.45) is 4.03. The Hall–Kier alpha value is -0.0600. The molecular formula is C16H35NO4P+. The Labute approximate surface area is 137 Å². The van der Waals surface area contributed by atoms with Crippen molar-refractivity contribution >= 4 is 8.18 Å². The molecule has 6 heteroatoms. The minimum Gasteiger partial charge on any atom is -0.379 e. The van der Waals surface area contributed by atoms with Gasteiger partial charge in [-0.3, -0.25) is 0 Å². The first-order valence-electron chi connectivity index (χ1n) is 8.24. The van der Waals surface area contributed by atoms with Crippen LogP contribution in [0.2, 0.25) is 0 Å². The second-order valence-corrected chi connectivity index (χ2v) is 8.20. The van der Waals surface area contributed by atoms with E-state index in [1.54, 1.807) is 0 Å². The van der Waals surface area contributed by atoms with Gasteiger partial charge in [-0.05, 0) is 34.7 Å². The van der Waals surface area contributed by atoms with E-state index in [1.165, 1.54) is 6.42 Å². The maximum Gasteiger partial charge on any atom is 0.610 e. The molecular weight excluding hydrogens is 301 g/mol. The van der Waals surface area contributed by atoms with Gasteiger partial charge >= 0.3 is 8.18 Å². The third-order valence-corrected chi connectivity index (χ3v) is 4.72. The minimum atomic E-state index is -2.24. The molecule has 0 heterocycles. The average Bonchev–Trinajstić information content (AvgIpc) is 2.41. The molecule has 0 bridgehead atoms. The van der Waals surface area contributed by atoms with Crippen molar-refractivity contribution in [2.24, 2.45) is 10.8 Å². The normalized spacial score (nSPS) is 13.5. The third-order valence-electron chi connectivity index (χ3n) is 4.22. The van der Waals surface area contributed by atoms with E-state index < -0.39 is 8.18 Å².